The molecule has 0 bridgehead atoms. The standard InChI is InChI=1S/C25H29N7O2S.C22H24BrN3O2S.3C4H9.C3H6N4.C3H5N4.CH2N4.Sn/c1-7-32-28-22(27-29-32)17-14-16-15(13-18(17)34-6)10-11-31-21(16)20(19-9-8-12-35-19)26-23(31)24(33)30(5)25(2,3)4;1-22(2,3)25(4)21(27)20-24-18(17-7-6-10-29-17)19-14-12-15(23)16(28-5)11-13(14)8-9-26(19)20;3*1-3-4-2;2*1-2-7-5-3-4-6-7;1-2-4-5-3-1;/h8-9,12-14H,7,10-11H2,1-6H3;6-7,10-12H,8-9H2,1-5H3;3*1,3-4H2,2H3;3H,2H2,1H3;2H2,1H3;1H,(H,2,3,4,5);. The summed E-state index contributed by atoms with van der Waals surface area (Å²) in [6, 6.07) is 16.4. The van der Waals surface area contributed by atoms with Gasteiger partial charge < -0.3 is 28.4 Å². The van der Waals surface area contributed by atoms with E-state index in [2.05, 4.69) is 145 Å². The first-order valence-electron chi connectivity index (χ1n) is 33.0. The van der Waals surface area contributed by atoms with E-state index in [0.717, 1.165) is 90.9 Å². The van der Waals surface area contributed by atoms with Crippen molar-refractivity contribution in [3.05, 3.63) is 99.2 Å². The van der Waals surface area contributed by atoms with E-state index in [4.69, 9.17) is 24.5 Å². The number of nitrogens with zero attached hydrogens (tertiary/aromatic N) is 21. The van der Waals surface area contributed by atoms with Gasteiger partial charge in [0.05, 0.1) is 58.5 Å². The van der Waals surface area contributed by atoms with E-state index in [1.165, 1.54) is 78.7 Å². The van der Waals surface area contributed by atoms with Gasteiger partial charge in [0.2, 0.25) is 5.82 Å². The number of imidazole rings is 2. The Hall–Kier alpha value is -7.64. The van der Waals surface area contributed by atoms with Crippen LogP contribution in [0.1, 0.15) is 154 Å². The van der Waals surface area contributed by atoms with Crippen molar-refractivity contribution in [2.24, 2.45) is 0 Å². The number of amides is 2. The fraction of sp³-hybridized carbons (Fsp3) is 0.515. The quantitative estimate of drug-likeness (QED) is 0.0694. The number of fused-ring (bicyclic) bond motifs is 6. The Morgan fingerprint density at radius 1 is 0.625 bits per heavy atom. The molecule has 1 N–H and O–H groups in total. The largest absolute Gasteiger partial charge is 0.496 e. The number of aryl methyl sites for hydroxylation is 5. The number of aromatic nitrogens is 20. The summed E-state index contributed by atoms with van der Waals surface area (Å²) in [4.78, 5) is 47.2. The summed E-state index contributed by atoms with van der Waals surface area (Å²) in [7, 11) is 7.00. The second kappa shape index (κ2) is 34.0. The monoisotopic (exact) mass is 1520 g/mol. The molecule has 2 aliphatic rings. The number of tetrazole rings is 4. The summed E-state index contributed by atoms with van der Waals surface area (Å²) in [6.45, 7) is 28.7. The molecule has 8 aromatic heterocycles. The van der Waals surface area contributed by atoms with Crippen molar-refractivity contribution in [3.63, 3.8) is 0 Å². The Morgan fingerprint density at radius 3 is 1.51 bits per heavy atom. The number of nitrogens with one attached hydrogen (secondary N) is 1. The third-order valence-corrected chi connectivity index (χ3v) is 34.0. The Labute approximate surface area is 583 Å². The molecule has 26 nitrogen and oxygen atoms in total. The molecule has 10 aromatic rings. The minimum Gasteiger partial charge on any atom is -0.496 e. The summed E-state index contributed by atoms with van der Waals surface area (Å²) >= 11 is 4.46. The third-order valence-electron chi connectivity index (χ3n) is 17.1. The summed E-state index contributed by atoms with van der Waals surface area (Å²) in [5, 5.41) is 53.4. The van der Waals surface area contributed by atoms with Gasteiger partial charge in [-0.1, -0.05) is 17.3 Å². The van der Waals surface area contributed by atoms with Crippen LogP contribution in [-0.4, -0.2) is 180 Å². The molecule has 0 saturated carbocycles. The summed E-state index contributed by atoms with van der Waals surface area (Å²) in [5.41, 5.74) is 8.22. The molecule has 2 amide bonds. The molecule has 0 spiro atoms. The smallest absolute Gasteiger partial charge is 0.290 e. The average Bonchev–Trinajstić information content (AvgIpc) is 1.59. The van der Waals surface area contributed by atoms with Crippen LogP contribution in [-0.2, 0) is 45.6 Å². The Balaban J connectivity index is 0.000000173. The van der Waals surface area contributed by atoms with E-state index < -0.39 is 18.4 Å². The van der Waals surface area contributed by atoms with Gasteiger partial charge in [0.25, 0.3) is 11.8 Å². The number of carbonyl (C=O) groups excluding carboxylic acids is 2. The van der Waals surface area contributed by atoms with Crippen LogP contribution in [0.5, 0.6) is 11.5 Å². The number of aromatic amines is 1. The molecule has 0 aliphatic carbocycles. The number of ether oxygens (including phenoxy) is 2. The van der Waals surface area contributed by atoms with Gasteiger partial charge in [0.15, 0.2) is 24.3 Å². The maximum Gasteiger partial charge on any atom is 0.290 e. The van der Waals surface area contributed by atoms with Crippen LogP contribution < -0.4 is 13.3 Å². The molecule has 0 atom stereocenters. The number of rotatable bonds is 20. The zero-order valence-electron chi connectivity index (χ0n) is 58.5. The van der Waals surface area contributed by atoms with Gasteiger partial charge in [-0.05, 0) is 153 Å². The number of hydrogen-bond donors (Lipinski definition) is 1. The molecular weight excluding hydrogens is 1430 g/mol. The van der Waals surface area contributed by atoms with E-state index in [0.29, 0.717) is 42.9 Å². The molecular formula is C66H93BrN22O4S2Sn. The number of H-pyrrole nitrogens is 1. The number of carbonyl (C=O) groups is 2. The average molecular weight is 1520 g/mol. The second-order valence-electron chi connectivity index (χ2n) is 25.3. The van der Waals surface area contributed by atoms with Crippen LogP contribution in [0.2, 0.25) is 13.3 Å². The second-order valence-corrected chi connectivity index (χ2v) is 40.9. The molecule has 30 heteroatoms. The summed E-state index contributed by atoms with van der Waals surface area (Å²) < 4.78 is 21.7. The van der Waals surface area contributed by atoms with Crippen LogP contribution in [0.15, 0.2) is 76.4 Å². The zero-order chi connectivity index (χ0) is 69.3. The van der Waals surface area contributed by atoms with Crippen LogP contribution in [0.25, 0.3) is 55.0 Å². The normalized spacial score (nSPS) is 12.2. The van der Waals surface area contributed by atoms with E-state index in [-0.39, 0.29) is 22.9 Å². The van der Waals surface area contributed by atoms with Crippen LogP contribution in [0.3, 0.4) is 0 Å². The minimum absolute atomic E-state index is 0.0578. The molecule has 12 rings (SSSR count). The molecule has 0 fully saturated rings. The molecule has 0 unspecified atom stereocenters. The van der Waals surface area contributed by atoms with Crippen molar-refractivity contribution < 1.29 is 19.1 Å². The molecule has 2 aromatic carbocycles. The number of benzene rings is 2. The van der Waals surface area contributed by atoms with Crippen molar-refractivity contribution in [3.8, 4) is 66.5 Å². The van der Waals surface area contributed by atoms with Crippen molar-refractivity contribution >= 4 is 72.6 Å². The predicted molar refractivity (Wildman–Crippen MR) is 382 cm³/mol. The fourth-order valence-electron chi connectivity index (χ4n) is 11.1. The van der Waals surface area contributed by atoms with Gasteiger partial charge in [0.1, 0.15) is 22.9 Å². The van der Waals surface area contributed by atoms with Crippen LogP contribution in [0.4, 0.5) is 0 Å². The molecule has 514 valence electrons. The summed E-state index contributed by atoms with van der Waals surface area (Å²) in [6.07, 6.45) is 12.3. The van der Waals surface area contributed by atoms with E-state index in [1.54, 1.807) is 56.3 Å². The number of thiophene rings is 2. The molecule has 2 aliphatic heterocycles. The zero-order valence-corrected chi connectivity index (χ0v) is 64.5. The summed E-state index contributed by atoms with van der Waals surface area (Å²) in [5.74, 6) is 2.83. The molecule has 96 heavy (non-hydrogen) atoms. The van der Waals surface area contributed by atoms with Crippen molar-refractivity contribution in [2.45, 2.75) is 192 Å². The Kier molecular flexibility index (Phi) is 26.3. The number of halogens is 1. The maximum absolute atomic E-state index is 13.6. The maximum atomic E-state index is 13.6. The molecule has 0 saturated heterocycles. The SMILES string of the molecule is CCC[CH2][Sn]([CH2]CCC)([CH2]CCC)[c]1nnn(CC)n1.CCn1ncnn1.CCn1nnc(-c2cc3c(cc2OC)CCn2c(C(=O)N(C)C(C)(C)C)nc(-c4cccs4)c2-3)n1.COc1cc2c(cc1Br)-c1c(-c3cccs3)nc(C(=O)N(C)C(C)(C)C)n1CC2.c1nn[nH]n1. The van der Waals surface area contributed by atoms with Gasteiger partial charge in [-0.15, -0.1) is 53.3 Å². The number of hydrogen-bond acceptors (Lipinski definition) is 20. The predicted octanol–water partition coefficient (Wildman–Crippen LogP) is 12.5. The first kappa shape index (κ1) is 74.2. The molecule has 0 radical (unpaired) electrons. The van der Waals surface area contributed by atoms with Gasteiger partial charge >= 0.3 is 128 Å². The van der Waals surface area contributed by atoms with E-state index in [9.17, 15) is 9.59 Å². The van der Waals surface area contributed by atoms with Crippen molar-refractivity contribution in [1.82, 2.24) is 110 Å². The van der Waals surface area contributed by atoms with Gasteiger partial charge in [-0.25, -0.2) is 9.97 Å². The molecule has 10 heterocycles. The van der Waals surface area contributed by atoms with E-state index in [1.807, 2.05) is 98.4 Å². The first-order valence-corrected chi connectivity index (χ1v) is 43.0. The van der Waals surface area contributed by atoms with Crippen LogP contribution in [0, 0.1) is 0 Å². The Bertz CT molecular complexity index is 4020. The third kappa shape index (κ3) is 17.5. The fourth-order valence-corrected chi connectivity index (χ4v) is 27.6. The van der Waals surface area contributed by atoms with Gasteiger partial charge in [0, 0.05) is 49.4 Å². The first-order chi connectivity index (χ1) is 46.1. The number of unbranched alkanes of at least 4 members (excludes halogenated alkanes) is 3. The Morgan fingerprint density at radius 2 is 1.12 bits per heavy atom. The van der Waals surface area contributed by atoms with Crippen molar-refractivity contribution in [1.29, 1.82) is 0 Å². The van der Waals surface area contributed by atoms with Crippen LogP contribution >= 0.6 is 38.6 Å². The van der Waals surface area contributed by atoms with Crippen molar-refractivity contribution in [2.75, 3.05) is 28.3 Å². The van der Waals surface area contributed by atoms with Gasteiger partial charge in [-0.2, -0.15) is 14.8 Å². The number of methoxy groups -OCH3 is 2. The van der Waals surface area contributed by atoms with E-state index >= 15 is 0 Å². The topological polar surface area (TPSA) is 280 Å². The minimum atomic E-state index is -2.40. The van der Waals surface area contributed by atoms with Gasteiger partial charge in [-0.3, -0.25) is 9.59 Å².